The Kier molecular flexibility index (Phi) is 7.86. The first-order valence-corrected chi connectivity index (χ1v) is 5.09. The van der Waals surface area contributed by atoms with Crippen molar-refractivity contribution in [1.82, 2.24) is 5.32 Å². The van der Waals surface area contributed by atoms with Crippen LogP contribution < -0.4 is 5.32 Å². The van der Waals surface area contributed by atoms with Gasteiger partial charge in [0, 0.05) is 0 Å². The van der Waals surface area contributed by atoms with E-state index >= 15 is 0 Å². The molecule has 0 saturated heterocycles. The minimum atomic E-state index is 1.07. The summed E-state index contributed by atoms with van der Waals surface area (Å²) >= 11 is 0. The highest BCUT2D eigenvalue weighted by atomic mass is 14.8. The second-order valence-electron chi connectivity index (χ2n) is 3.06. The van der Waals surface area contributed by atoms with Crippen LogP contribution in [0.3, 0.4) is 0 Å². The summed E-state index contributed by atoms with van der Waals surface area (Å²) in [7, 11) is 1.93. The van der Waals surface area contributed by atoms with Gasteiger partial charge in [-0.1, -0.05) is 43.3 Å². The van der Waals surface area contributed by atoms with Crippen LogP contribution in [0.1, 0.15) is 25.0 Å². The normalized spacial score (nSPS) is 9.71. The smallest absolute Gasteiger partial charge is 0.00804 e. The monoisotopic (exact) mass is 191 g/mol. The molecule has 1 N–H and O–H groups in total. The Morgan fingerprint density at radius 2 is 1.86 bits per heavy atom. The molecule has 1 nitrogen and oxygen atoms in total. The highest BCUT2D eigenvalue weighted by Gasteiger charge is 1.87. The van der Waals surface area contributed by atoms with Gasteiger partial charge < -0.3 is 5.32 Å². The number of benzene rings is 1. The fraction of sp³-hybridized carbons (Fsp3) is 0.385. The largest absolute Gasteiger partial charge is 0.320 e. The van der Waals surface area contributed by atoms with Crippen molar-refractivity contribution in [2.45, 2.75) is 20.8 Å². The van der Waals surface area contributed by atoms with Gasteiger partial charge in [-0.3, -0.25) is 0 Å². The standard InChI is InChI=1S/C10H12.C3H9N/c1-3-6-10-8-5-4-7-9(10)2;1-3-4-2/h3-8H,1-2H3;4H,3H2,1-2H3/b6-3-;. The van der Waals surface area contributed by atoms with E-state index in [-0.39, 0.29) is 0 Å². The third-order valence-corrected chi connectivity index (χ3v) is 1.89. The third kappa shape index (κ3) is 5.55. The Labute approximate surface area is 87.9 Å². The summed E-state index contributed by atoms with van der Waals surface area (Å²) in [5, 5.41) is 2.93. The number of allylic oxidation sites excluding steroid dienone is 1. The van der Waals surface area contributed by atoms with Gasteiger partial charge in [0.1, 0.15) is 0 Å². The lowest BCUT2D eigenvalue weighted by Gasteiger charge is -1.96. The molecule has 0 unspecified atom stereocenters. The van der Waals surface area contributed by atoms with E-state index < -0.39 is 0 Å². The molecular formula is C13H21N. The second-order valence-corrected chi connectivity index (χ2v) is 3.06. The molecule has 0 radical (unpaired) electrons. The van der Waals surface area contributed by atoms with Crippen LogP contribution in [0.25, 0.3) is 6.08 Å². The summed E-state index contributed by atoms with van der Waals surface area (Å²) in [6, 6.07) is 8.36. The first-order chi connectivity index (χ1) is 6.76. The maximum absolute atomic E-state index is 2.93. The molecule has 1 aromatic rings. The molecule has 0 aliphatic carbocycles. The Morgan fingerprint density at radius 1 is 1.29 bits per heavy atom. The van der Waals surface area contributed by atoms with Gasteiger partial charge in [0.05, 0.1) is 0 Å². The van der Waals surface area contributed by atoms with Crippen LogP contribution in [0.4, 0.5) is 0 Å². The molecule has 0 aliphatic rings. The van der Waals surface area contributed by atoms with Gasteiger partial charge in [-0.2, -0.15) is 0 Å². The predicted octanol–water partition coefficient (Wildman–Crippen LogP) is 3.25. The maximum atomic E-state index is 2.93. The highest BCUT2D eigenvalue weighted by Crippen LogP contribution is 2.07. The van der Waals surface area contributed by atoms with Gasteiger partial charge in [-0.05, 0) is 38.6 Å². The van der Waals surface area contributed by atoms with E-state index in [0.29, 0.717) is 0 Å². The van der Waals surface area contributed by atoms with E-state index in [1.807, 2.05) is 14.0 Å². The van der Waals surface area contributed by atoms with Crippen molar-refractivity contribution in [3.05, 3.63) is 41.5 Å². The van der Waals surface area contributed by atoms with Crippen molar-refractivity contribution in [1.29, 1.82) is 0 Å². The van der Waals surface area contributed by atoms with E-state index in [9.17, 15) is 0 Å². The first kappa shape index (κ1) is 12.9. The van der Waals surface area contributed by atoms with E-state index in [2.05, 4.69) is 55.6 Å². The lowest BCUT2D eigenvalue weighted by Crippen LogP contribution is -2.01. The summed E-state index contributed by atoms with van der Waals surface area (Å²) in [4.78, 5) is 0. The van der Waals surface area contributed by atoms with E-state index in [1.54, 1.807) is 0 Å². The predicted molar refractivity (Wildman–Crippen MR) is 65.5 cm³/mol. The van der Waals surface area contributed by atoms with Crippen molar-refractivity contribution < 1.29 is 0 Å². The highest BCUT2D eigenvalue weighted by molar-refractivity contribution is 5.52. The zero-order valence-electron chi connectivity index (χ0n) is 9.67. The van der Waals surface area contributed by atoms with Crippen molar-refractivity contribution >= 4 is 6.08 Å². The molecule has 0 amide bonds. The summed E-state index contributed by atoms with van der Waals surface area (Å²) < 4.78 is 0. The minimum absolute atomic E-state index is 1.07. The summed E-state index contributed by atoms with van der Waals surface area (Å²) in [5.74, 6) is 0. The van der Waals surface area contributed by atoms with Crippen LogP contribution in [-0.2, 0) is 0 Å². The topological polar surface area (TPSA) is 12.0 Å². The van der Waals surface area contributed by atoms with Crippen LogP contribution in [-0.4, -0.2) is 13.6 Å². The molecule has 0 aliphatic heterocycles. The Morgan fingerprint density at radius 3 is 2.29 bits per heavy atom. The van der Waals surface area contributed by atoms with Crippen molar-refractivity contribution in [2.75, 3.05) is 13.6 Å². The van der Waals surface area contributed by atoms with Gasteiger partial charge in [0.2, 0.25) is 0 Å². The zero-order valence-corrected chi connectivity index (χ0v) is 9.67. The fourth-order valence-electron chi connectivity index (χ4n) is 0.953. The number of rotatable bonds is 2. The number of hydrogen-bond acceptors (Lipinski definition) is 1. The van der Waals surface area contributed by atoms with Crippen LogP contribution in [0, 0.1) is 6.92 Å². The van der Waals surface area contributed by atoms with Crippen LogP contribution in [0.5, 0.6) is 0 Å². The lowest BCUT2D eigenvalue weighted by molar-refractivity contribution is 0.864. The van der Waals surface area contributed by atoms with E-state index in [1.165, 1.54) is 11.1 Å². The van der Waals surface area contributed by atoms with Crippen molar-refractivity contribution in [3.8, 4) is 0 Å². The molecular weight excluding hydrogens is 170 g/mol. The molecule has 0 heterocycles. The molecule has 78 valence electrons. The van der Waals surface area contributed by atoms with Gasteiger partial charge in [-0.25, -0.2) is 0 Å². The molecule has 0 aromatic heterocycles. The Hall–Kier alpha value is -1.08. The zero-order chi connectivity index (χ0) is 10.8. The molecule has 1 aromatic carbocycles. The van der Waals surface area contributed by atoms with Crippen LogP contribution >= 0.6 is 0 Å². The van der Waals surface area contributed by atoms with Gasteiger partial charge >= 0.3 is 0 Å². The molecule has 1 rings (SSSR count). The average molecular weight is 191 g/mol. The minimum Gasteiger partial charge on any atom is -0.320 e. The molecule has 0 fully saturated rings. The van der Waals surface area contributed by atoms with Gasteiger partial charge in [0.25, 0.3) is 0 Å². The number of aryl methyl sites for hydroxylation is 1. The molecule has 0 saturated carbocycles. The summed E-state index contributed by atoms with van der Waals surface area (Å²) in [5.41, 5.74) is 2.64. The molecule has 0 bridgehead atoms. The van der Waals surface area contributed by atoms with Crippen molar-refractivity contribution in [3.63, 3.8) is 0 Å². The molecule has 1 heteroatoms. The molecule has 14 heavy (non-hydrogen) atoms. The van der Waals surface area contributed by atoms with Gasteiger partial charge in [0.15, 0.2) is 0 Å². The maximum Gasteiger partial charge on any atom is -0.00804 e. The second kappa shape index (κ2) is 8.52. The fourth-order valence-corrected chi connectivity index (χ4v) is 0.953. The van der Waals surface area contributed by atoms with E-state index in [0.717, 1.165) is 6.54 Å². The lowest BCUT2D eigenvalue weighted by atomic mass is 10.1. The van der Waals surface area contributed by atoms with Crippen molar-refractivity contribution in [2.24, 2.45) is 0 Å². The Balaban J connectivity index is 0.000000364. The van der Waals surface area contributed by atoms with E-state index in [4.69, 9.17) is 0 Å². The number of nitrogens with one attached hydrogen (secondary N) is 1. The van der Waals surface area contributed by atoms with Crippen LogP contribution in [0.2, 0.25) is 0 Å². The third-order valence-electron chi connectivity index (χ3n) is 1.89. The quantitative estimate of drug-likeness (QED) is 0.756. The molecule has 0 atom stereocenters. The SMILES string of the molecule is C/C=C\c1ccccc1C.CCNC. The van der Waals surface area contributed by atoms with Gasteiger partial charge in [-0.15, -0.1) is 0 Å². The molecule has 0 spiro atoms. The summed E-state index contributed by atoms with van der Waals surface area (Å²) in [6.07, 6.45) is 4.18. The van der Waals surface area contributed by atoms with Crippen LogP contribution in [0.15, 0.2) is 30.3 Å². The Bertz CT molecular complexity index is 262. The number of hydrogen-bond donors (Lipinski definition) is 1. The first-order valence-electron chi connectivity index (χ1n) is 5.09. The average Bonchev–Trinajstić information content (AvgIpc) is 2.22. The summed E-state index contributed by atoms with van der Waals surface area (Å²) in [6.45, 7) is 7.29.